The molecule has 1 aliphatic rings. The number of rotatable bonds is 16. The minimum absolute atomic E-state index is 0.296. The number of carbonyl (C=O) groups is 2. The number of carbonyl (C=O) groups excluding carboxylic acids is 2. The molecule has 0 saturated heterocycles. The van der Waals surface area contributed by atoms with E-state index in [1.54, 1.807) is 0 Å². The van der Waals surface area contributed by atoms with Crippen LogP contribution in [0.25, 0.3) is 0 Å². The Hall–Kier alpha value is -1.59. The zero-order valence-corrected chi connectivity index (χ0v) is 23.5. The van der Waals surface area contributed by atoms with E-state index in [4.69, 9.17) is 14.5 Å². The second-order valence-corrected chi connectivity index (χ2v) is 11.3. The highest BCUT2D eigenvalue weighted by atomic mass is 16.5. The minimum atomic E-state index is -0.543. The van der Waals surface area contributed by atoms with Gasteiger partial charge in [0.05, 0.1) is 17.9 Å². The second-order valence-electron chi connectivity index (χ2n) is 11.3. The smallest absolute Gasteiger partial charge is 0.302 e. The Kier molecular flexibility index (Phi) is 12.1. The van der Waals surface area contributed by atoms with Crippen molar-refractivity contribution in [3.05, 3.63) is 0 Å². The van der Waals surface area contributed by atoms with E-state index in [9.17, 15) is 9.59 Å². The molecular weight excluding hydrogens is 428 g/mol. The summed E-state index contributed by atoms with van der Waals surface area (Å²) in [5.74, 6) is 0.417. The molecule has 0 radical (unpaired) electrons. The third kappa shape index (κ3) is 7.71. The minimum Gasteiger partial charge on any atom is -0.462 e. The molecule has 34 heavy (non-hydrogen) atoms. The molecular formula is C28H52N2O4. The van der Waals surface area contributed by atoms with Gasteiger partial charge >= 0.3 is 11.9 Å². The maximum absolute atomic E-state index is 11.8. The van der Waals surface area contributed by atoms with Gasteiger partial charge in [0.1, 0.15) is 12.2 Å². The molecule has 2 unspecified atom stereocenters. The van der Waals surface area contributed by atoms with Crippen LogP contribution in [0.4, 0.5) is 0 Å². The first-order valence-electron chi connectivity index (χ1n) is 13.5. The largest absolute Gasteiger partial charge is 0.462 e. The fourth-order valence-corrected chi connectivity index (χ4v) is 5.33. The van der Waals surface area contributed by atoms with E-state index < -0.39 is 16.4 Å². The lowest BCUT2D eigenvalue weighted by Crippen LogP contribution is -2.70. The average molecular weight is 481 g/mol. The summed E-state index contributed by atoms with van der Waals surface area (Å²) < 4.78 is 11.3. The summed E-state index contributed by atoms with van der Waals surface area (Å²) in [6.45, 7) is 18.0. The number of nitrogens with one attached hydrogen (secondary N) is 1. The van der Waals surface area contributed by atoms with Crippen LogP contribution in [0, 0.1) is 10.8 Å². The first-order chi connectivity index (χ1) is 15.8. The summed E-state index contributed by atoms with van der Waals surface area (Å²) in [7, 11) is 0. The lowest BCUT2D eigenvalue weighted by Gasteiger charge is -2.56. The normalized spacial score (nSPS) is 20.3. The number of esters is 2. The fourth-order valence-electron chi connectivity index (χ4n) is 5.33. The molecule has 2 atom stereocenters. The van der Waals surface area contributed by atoms with Crippen molar-refractivity contribution >= 4 is 17.8 Å². The van der Waals surface area contributed by atoms with Crippen LogP contribution in [0.15, 0.2) is 4.99 Å². The van der Waals surface area contributed by atoms with E-state index in [2.05, 4.69) is 39.9 Å². The molecule has 1 N–H and O–H groups in total. The van der Waals surface area contributed by atoms with Gasteiger partial charge in [-0.15, -0.1) is 0 Å². The molecule has 1 aliphatic heterocycles. The second kappa shape index (κ2) is 13.5. The van der Waals surface area contributed by atoms with Gasteiger partial charge < -0.3 is 14.8 Å². The van der Waals surface area contributed by atoms with E-state index in [0.29, 0.717) is 6.54 Å². The van der Waals surface area contributed by atoms with Crippen molar-refractivity contribution in [1.29, 1.82) is 0 Å². The number of aliphatic imine (C=N–C) groups is 1. The lowest BCUT2D eigenvalue weighted by molar-refractivity contribution is -0.168. The number of unbranched alkanes of at least 4 members (excludes halogenated alkanes) is 8. The SMILES string of the molecule is CCCCCCCCCCCC1=NCC(C(C)(C)C(C)OC(C)=O)(C(C)(C)C(C)OC(C)=O)N1. The van der Waals surface area contributed by atoms with Crippen LogP contribution < -0.4 is 5.32 Å². The highest BCUT2D eigenvalue weighted by Gasteiger charge is 2.62. The molecule has 0 aromatic carbocycles. The van der Waals surface area contributed by atoms with Gasteiger partial charge in [0.25, 0.3) is 0 Å². The summed E-state index contributed by atoms with van der Waals surface area (Å²) in [4.78, 5) is 28.5. The van der Waals surface area contributed by atoms with E-state index in [-0.39, 0.29) is 24.1 Å². The maximum atomic E-state index is 11.8. The quantitative estimate of drug-likeness (QED) is 0.199. The van der Waals surface area contributed by atoms with Crippen LogP contribution in [0.1, 0.15) is 127 Å². The number of nitrogens with zero attached hydrogens (tertiary/aromatic N) is 1. The van der Waals surface area contributed by atoms with Crippen molar-refractivity contribution in [2.75, 3.05) is 6.54 Å². The Labute approximate surface area is 209 Å². The van der Waals surface area contributed by atoms with Gasteiger partial charge in [0.2, 0.25) is 0 Å². The summed E-state index contributed by atoms with van der Waals surface area (Å²) in [5, 5.41) is 3.79. The van der Waals surface area contributed by atoms with Crippen molar-refractivity contribution in [3.63, 3.8) is 0 Å². The highest BCUT2D eigenvalue weighted by Crippen LogP contribution is 2.51. The topological polar surface area (TPSA) is 77.0 Å². The van der Waals surface area contributed by atoms with E-state index in [1.165, 1.54) is 65.2 Å². The van der Waals surface area contributed by atoms with Gasteiger partial charge in [-0.3, -0.25) is 14.6 Å². The monoisotopic (exact) mass is 480 g/mol. The Morgan fingerprint density at radius 1 is 0.853 bits per heavy atom. The molecule has 1 rings (SSSR count). The number of amidine groups is 1. The molecule has 0 fully saturated rings. The molecule has 0 aromatic heterocycles. The molecule has 198 valence electrons. The van der Waals surface area contributed by atoms with Gasteiger partial charge in [0.15, 0.2) is 0 Å². The number of hydrogen-bond acceptors (Lipinski definition) is 6. The van der Waals surface area contributed by atoms with Gasteiger partial charge in [-0.2, -0.15) is 0 Å². The Morgan fingerprint density at radius 3 is 1.68 bits per heavy atom. The van der Waals surface area contributed by atoms with E-state index in [1.807, 2.05) is 13.8 Å². The van der Waals surface area contributed by atoms with Gasteiger partial charge in [0, 0.05) is 31.1 Å². The van der Waals surface area contributed by atoms with Crippen LogP contribution in [0.2, 0.25) is 0 Å². The van der Waals surface area contributed by atoms with E-state index in [0.717, 1.165) is 18.7 Å². The van der Waals surface area contributed by atoms with Crippen LogP contribution in [-0.4, -0.2) is 42.1 Å². The standard InChI is InChI=1S/C28H52N2O4/c1-10-11-12-13-14-15-16-17-18-19-25-29-20-28(30-25,26(6,7)21(2)33-23(4)31)27(8,9)22(3)34-24(5)32/h21-22H,10-20H2,1-9H3,(H,29,30). The zero-order chi connectivity index (χ0) is 26.0. The number of ether oxygens (including phenoxy) is 2. The summed E-state index contributed by atoms with van der Waals surface area (Å²) >= 11 is 0. The molecule has 6 nitrogen and oxygen atoms in total. The third-order valence-corrected chi connectivity index (χ3v) is 8.30. The van der Waals surface area contributed by atoms with Gasteiger partial charge in [-0.1, -0.05) is 86.0 Å². The maximum Gasteiger partial charge on any atom is 0.302 e. The molecule has 0 aromatic rings. The molecule has 1 heterocycles. The molecule has 0 bridgehead atoms. The van der Waals surface area contributed by atoms with Gasteiger partial charge in [-0.05, 0) is 20.3 Å². The van der Waals surface area contributed by atoms with Crippen molar-refractivity contribution in [1.82, 2.24) is 5.32 Å². The predicted molar refractivity (Wildman–Crippen MR) is 140 cm³/mol. The molecule has 0 saturated carbocycles. The van der Waals surface area contributed by atoms with Crippen molar-refractivity contribution in [2.45, 2.75) is 144 Å². The zero-order valence-electron chi connectivity index (χ0n) is 23.5. The lowest BCUT2D eigenvalue weighted by atomic mass is 9.55. The summed E-state index contributed by atoms with van der Waals surface area (Å²) in [6.07, 6.45) is 11.8. The first-order valence-corrected chi connectivity index (χ1v) is 13.5. The predicted octanol–water partition coefficient (Wildman–Crippen LogP) is 6.60. The van der Waals surface area contributed by atoms with Crippen molar-refractivity contribution in [2.24, 2.45) is 15.8 Å². The molecule has 0 amide bonds. The van der Waals surface area contributed by atoms with Crippen LogP contribution in [0.5, 0.6) is 0 Å². The van der Waals surface area contributed by atoms with Crippen LogP contribution in [-0.2, 0) is 19.1 Å². The Bertz CT molecular complexity index is 650. The molecule has 0 spiro atoms. The van der Waals surface area contributed by atoms with Crippen LogP contribution in [0.3, 0.4) is 0 Å². The van der Waals surface area contributed by atoms with Crippen molar-refractivity contribution < 1.29 is 19.1 Å². The third-order valence-electron chi connectivity index (χ3n) is 8.30. The highest BCUT2D eigenvalue weighted by molar-refractivity contribution is 5.85. The van der Waals surface area contributed by atoms with Crippen molar-refractivity contribution in [3.8, 4) is 0 Å². The average Bonchev–Trinajstić information content (AvgIpc) is 3.18. The summed E-state index contributed by atoms with van der Waals surface area (Å²) in [6, 6.07) is 0. The van der Waals surface area contributed by atoms with Gasteiger partial charge in [-0.25, -0.2) is 0 Å². The van der Waals surface area contributed by atoms with Crippen LogP contribution >= 0.6 is 0 Å². The molecule has 0 aliphatic carbocycles. The Balaban J connectivity index is 2.87. The number of hydrogen-bond donors (Lipinski definition) is 1. The first kappa shape index (κ1) is 30.4. The Morgan fingerprint density at radius 2 is 1.26 bits per heavy atom. The summed E-state index contributed by atoms with van der Waals surface area (Å²) in [5.41, 5.74) is -1.49. The fraction of sp³-hybridized carbons (Fsp3) is 0.893. The molecule has 6 heteroatoms. The van der Waals surface area contributed by atoms with E-state index >= 15 is 0 Å².